The first kappa shape index (κ1) is 8.88. The summed E-state index contributed by atoms with van der Waals surface area (Å²) in [5.74, 6) is 0. The standard InChI is InChI=1S/C6H16N2O/c1-3-4-8-5-6(2,7)9/h8-9H,3-5,7H2,1-2H3. The van der Waals surface area contributed by atoms with Crippen molar-refractivity contribution in [2.75, 3.05) is 13.1 Å². The van der Waals surface area contributed by atoms with E-state index in [1.54, 1.807) is 6.92 Å². The first-order valence-electron chi connectivity index (χ1n) is 3.28. The molecule has 0 aliphatic carbocycles. The Morgan fingerprint density at radius 1 is 1.67 bits per heavy atom. The van der Waals surface area contributed by atoms with Gasteiger partial charge in [-0.15, -0.1) is 0 Å². The van der Waals surface area contributed by atoms with Crippen LogP contribution in [0.1, 0.15) is 20.3 Å². The minimum Gasteiger partial charge on any atom is -0.375 e. The van der Waals surface area contributed by atoms with Gasteiger partial charge in [0.15, 0.2) is 0 Å². The summed E-state index contributed by atoms with van der Waals surface area (Å²) in [6, 6.07) is 0. The van der Waals surface area contributed by atoms with Crippen LogP contribution in [0.4, 0.5) is 0 Å². The van der Waals surface area contributed by atoms with Crippen LogP contribution >= 0.6 is 0 Å². The van der Waals surface area contributed by atoms with Crippen LogP contribution in [-0.2, 0) is 0 Å². The second-order valence-electron chi connectivity index (χ2n) is 2.53. The van der Waals surface area contributed by atoms with Crippen molar-refractivity contribution in [2.24, 2.45) is 5.73 Å². The largest absolute Gasteiger partial charge is 0.375 e. The van der Waals surface area contributed by atoms with Gasteiger partial charge >= 0.3 is 0 Å². The van der Waals surface area contributed by atoms with Crippen LogP contribution in [0.3, 0.4) is 0 Å². The maximum absolute atomic E-state index is 8.96. The van der Waals surface area contributed by atoms with Crippen molar-refractivity contribution < 1.29 is 5.11 Å². The number of aliphatic hydroxyl groups is 1. The second kappa shape index (κ2) is 3.82. The van der Waals surface area contributed by atoms with Gasteiger partial charge in [-0.3, -0.25) is 0 Å². The number of hydrogen-bond donors (Lipinski definition) is 3. The molecular formula is C6H16N2O. The highest BCUT2D eigenvalue weighted by Crippen LogP contribution is 1.87. The van der Waals surface area contributed by atoms with Crippen LogP contribution in [-0.4, -0.2) is 23.9 Å². The zero-order valence-corrected chi connectivity index (χ0v) is 6.15. The van der Waals surface area contributed by atoms with Crippen molar-refractivity contribution in [2.45, 2.75) is 26.0 Å². The molecule has 0 aromatic heterocycles. The third-order valence-corrected chi connectivity index (χ3v) is 0.910. The monoisotopic (exact) mass is 132 g/mol. The lowest BCUT2D eigenvalue weighted by atomic mass is 10.3. The number of rotatable bonds is 4. The molecule has 0 aromatic carbocycles. The zero-order valence-electron chi connectivity index (χ0n) is 6.15. The molecule has 3 heteroatoms. The fraction of sp³-hybridized carbons (Fsp3) is 1.00. The van der Waals surface area contributed by atoms with E-state index in [9.17, 15) is 0 Å². The lowest BCUT2D eigenvalue weighted by molar-refractivity contribution is 0.0670. The topological polar surface area (TPSA) is 58.3 Å². The molecular weight excluding hydrogens is 116 g/mol. The SMILES string of the molecule is CCCNCC(C)(N)O. The molecule has 1 unspecified atom stereocenters. The van der Waals surface area contributed by atoms with Crippen molar-refractivity contribution in [1.29, 1.82) is 0 Å². The molecule has 4 N–H and O–H groups in total. The van der Waals surface area contributed by atoms with E-state index in [2.05, 4.69) is 12.2 Å². The Morgan fingerprint density at radius 2 is 2.22 bits per heavy atom. The molecule has 0 amide bonds. The Balaban J connectivity index is 3.07. The van der Waals surface area contributed by atoms with Crippen LogP contribution in [0, 0.1) is 0 Å². The van der Waals surface area contributed by atoms with Gasteiger partial charge in [0, 0.05) is 6.54 Å². The zero-order chi connectivity index (χ0) is 7.33. The fourth-order valence-electron chi connectivity index (χ4n) is 0.518. The number of hydrogen-bond acceptors (Lipinski definition) is 3. The van der Waals surface area contributed by atoms with Gasteiger partial charge in [0.2, 0.25) is 0 Å². The highest BCUT2D eigenvalue weighted by atomic mass is 16.3. The summed E-state index contributed by atoms with van der Waals surface area (Å²) >= 11 is 0. The molecule has 0 aliphatic heterocycles. The third kappa shape index (κ3) is 7.88. The summed E-state index contributed by atoms with van der Waals surface area (Å²) in [6.07, 6.45) is 1.07. The van der Waals surface area contributed by atoms with Crippen LogP contribution in [0.5, 0.6) is 0 Å². The number of nitrogens with two attached hydrogens (primary N) is 1. The smallest absolute Gasteiger partial charge is 0.123 e. The van der Waals surface area contributed by atoms with Gasteiger partial charge in [-0.25, -0.2) is 0 Å². The van der Waals surface area contributed by atoms with Crippen molar-refractivity contribution in [3.8, 4) is 0 Å². The normalized spacial score (nSPS) is 17.3. The van der Waals surface area contributed by atoms with Crippen LogP contribution in [0.25, 0.3) is 0 Å². The molecule has 0 fully saturated rings. The molecule has 0 saturated carbocycles. The van der Waals surface area contributed by atoms with Crippen molar-refractivity contribution in [1.82, 2.24) is 5.32 Å². The molecule has 9 heavy (non-hydrogen) atoms. The van der Waals surface area contributed by atoms with E-state index < -0.39 is 5.72 Å². The van der Waals surface area contributed by atoms with E-state index in [4.69, 9.17) is 10.8 Å². The van der Waals surface area contributed by atoms with Crippen LogP contribution < -0.4 is 11.1 Å². The van der Waals surface area contributed by atoms with Crippen LogP contribution in [0.2, 0.25) is 0 Å². The van der Waals surface area contributed by atoms with Crippen molar-refractivity contribution >= 4 is 0 Å². The molecule has 0 aliphatic rings. The third-order valence-electron chi connectivity index (χ3n) is 0.910. The lowest BCUT2D eigenvalue weighted by Crippen LogP contribution is -2.45. The molecule has 0 radical (unpaired) electrons. The molecule has 0 saturated heterocycles. The van der Waals surface area contributed by atoms with Crippen molar-refractivity contribution in [3.05, 3.63) is 0 Å². The van der Waals surface area contributed by atoms with E-state index in [0.29, 0.717) is 6.54 Å². The summed E-state index contributed by atoms with van der Waals surface area (Å²) in [5, 5.41) is 12.0. The Labute approximate surface area is 56.2 Å². The molecule has 3 nitrogen and oxygen atoms in total. The van der Waals surface area contributed by atoms with Gasteiger partial charge in [0.25, 0.3) is 0 Å². The molecule has 1 atom stereocenters. The summed E-state index contributed by atoms with van der Waals surface area (Å²) in [5.41, 5.74) is 4.21. The highest BCUT2D eigenvalue weighted by Gasteiger charge is 2.10. The Hall–Kier alpha value is -0.120. The minimum atomic E-state index is -1.06. The predicted octanol–water partition coefficient (Wildman–Crippen LogP) is -0.347. The average molecular weight is 132 g/mol. The van der Waals surface area contributed by atoms with Gasteiger partial charge in [-0.2, -0.15) is 0 Å². The average Bonchev–Trinajstić information content (AvgIpc) is 1.63. The van der Waals surface area contributed by atoms with Gasteiger partial charge in [0.1, 0.15) is 5.72 Å². The second-order valence-corrected chi connectivity index (χ2v) is 2.53. The first-order chi connectivity index (χ1) is 4.06. The minimum absolute atomic E-state index is 0.459. The van der Waals surface area contributed by atoms with Gasteiger partial charge < -0.3 is 16.2 Å². The number of nitrogens with one attached hydrogen (secondary N) is 1. The quantitative estimate of drug-likeness (QED) is 0.362. The van der Waals surface area contributed by atoms with Gasteiger partial charge in [0.05, 0.1) is 0 Å². The maximum Gasteiger partial charge on any atom is 0.123 e. The summed E-state index contributed by atoms with van der Waals surface area (Å²) < 4.78 is 0. The molecule has 0 bridgehead atoms. The molecule has 0 rings (SSSR count). The lowest BCUT2D eigenvalue weighted by Gasteiger charge is -2.16. The predicted molar refractivity (Wildman–Crippen MR) is 38.0 cm³/mol. The van der Waals surface area contributed by atoms with Crippen molar-refractivity contribution in [3.63, 3.8) is 0 Å². The van der Waals surface area contributed by atoms with E-state index in [0.717, 1.165) is 13.0 Å². The van der Waals surface area contributed by atoms with E-state index in [1.165, 1.54) is 0 Å². The van der Waals surface area contributed by atoms with E-state index >= 15 is 0 Å². The van der Waals surface area contributed by atoms with Gasteiger partial charge in [-0.1, -0.05) is 6.92 Å². The van der Waals surface area contributed by atoms with E-state index in [-0.39, 0.29) is 0 Å². The van der Waals surface area contributed by atoms with Crippen LogP contribution in [0.15, 0.2) is 0 Å². The maximum atomic E-state index is 8.96. The summed E-state index contributed by atoms with van der Waals surface area (Å²) in [4.78, 5) is 0. The molecule has 0 aromatic rings. The Bertz CT molecular complexity index is 67.9. The fourth-order valence-corrected chi connectivity index (χ4v) is 0.518. The Morgan fingerprint density at radius 3 is 2.56 bits per heavy atom. The Kier molecular flexibility index (Phi) is 3.77. The molecule has 0 spiro atoms. The summed E-state index contributed by atoms with van der Waals surface area (Å²) in [7, 11) is 0. The summed E-state index contributed by atoms with van der Waals surface area (Å²) in [6.45, 7) is 5.02. The van der Waals surface area contributed by atoms with E-state index in [1.807, 2.05) is 0 Å². The van der Waals surface area contributed by atoms with Gasteiger partial charge in [-0.05, 0) is 19.9 Å². The first-order valence-corrected chi connectivity index (χ1v) is 3.28. The molecule has 0 heterocycles. The molecule has 56 valence electrons. The highest BCUT2D eigenvalue weighted by molar-refractivity contribution is 4.65.